The molecular weight excluding hydrogens is 431 g/mol. The van der Waals surface area contributed by atoms with Crippen LogP contribution in [0, 0.1) is 5.92 Å². The fraction of sp³-hybridized carbons (Fsp3) is 0.412. The summed E-state index contributed by atoms with van der Waals surface area (Å²) in [6, 6.07) is 7.33. The van der Waals surface area contributed by atoms with Crippen molar-refractivity contribution in [2.24, 2.45) is 11.0 Å². The molecule has 138 valence electrons. The Morgan fingerprint density at radius 2 is 1.96 bits per heavy atom. The number of benzene rings is 1. The van der Waals surface area contributed by atoms with E-state index in [1.165, 1.54) is 0 Å². The maximum absolute atomic E-state index is 13.8. The van der Waals surface area contributed by atoms with E-state index in [1.54, 1.807) is 5.38 Å². The van der Waals surface area contributed by atoms with Gasteiger partial charge in [0.05, 0.1) is 11.6 Å². The van der Waals surface area contributed by atoms with Gasteiger partial charge >= 0.3 is 6.18 Å². The SMILES string of the molecule is O[C@@]1(C(F)(F)F)[C@H]2CCCCC2=NN1c1nc(-c2ccc(Br)cc2)cs1. The quantitative estimate of drug-likeness (QED) is 0.691. The van der Waals surface area contributed by atoms with Gasteiger partial charge in [0.2, 0.25) is 5.13 Å². The molecule has 1 N–H and O–H groups in total. The molecule has 1 fully saturated rings. The Hall–Kier alpha value is -1.45. The number of alkyl halides is 3. The first kappa shape index (κ1) is 17.9. The monoisotopic (exact) mass is 445 g/mol. The van der Waals surface area contributed by atoms with E-state index in [-0.39, 0.29) is 11.6 Å². The lowest BCUT2D eigenvalue weighted by molar-refractivity contribution is -0.269. The van der Waals surface area contributed by atoms with Crippen molar-refractivity contribution in [1.29, 1.82) is 0 Å². The molecule has 2 atom stereocenters. The molecule has 0 bridgehead atoms. The first-order valence-corrected chi connectivity index (χ1v) is 9.86. The number of thiazole rings is 1. The number of rotatable bonds is 2. The van der Waals surface area contributed by atoms with Gasteiger partial charge in [0, 0.05) is 21.1 Å². The summed E-state index contributed by atoms with van der Waals surface area (Å²) in [4.78, 5) is 4.32. The molecule has 1 aliphatic heterocycles. The van der Waals surface area contributed by atoms with Gasteiger partial charge in [-0.15, -0.1) is 11.3 Å². The van der Waals surface area contributed by atoms with E-state index >= 15 is 0 Å². The molecule has 0 radical (unpaired) electrons. The number of nitrogens with zero attached hydrogens (tertiary/aromatic N) is 3. The number of aliphatic hydroxyl groups is 1. The van der Waals surface area contributed by atoms with Gasteiger partial charge in [0.25, 0.3) is 5.72 Å². The molecule has 0 unspecified atom stereocenters. The first-order chi connectivity index (χ1) is 12.3. The molecule has 4 nitrogen and oxygen atoms in total. The summed E-state index contributed by atoms with van der Waals surface area (Å²) in [6.45, 7) is 0. The fourth-order valence-electron chi connectivity index (χ4n) is 3.52. The third-order valence-corrected chi connectivity index (χ3v) is 6.19. The number of anilines is 1. The Labute approximate surface area is 160 Å². The van der Waals surface area contributed by atoms with Crippen molar-refractivity contribution in [3.8, 4) is 11.3 Å². The number of halogens is 4. The molecule has 1 saturated carbocycles. The summed E-state index contributed by atoms with van der Waals surface area (Å²) in [7, 11) is 0. The van der Waals surface area contributed by atoms with Gasteiger partial charge in [-0.1, -0.05) is 34.5 Å². The first-order valence-electron chi connectivity index (χ1n) is 8.19. The Balaban J connectivity index is 1.74. The lowest BCUT2D eigenvalue weighted by Crippen LogP contribution is -2.60. The van der Waals surface area contributed by atoms with Gasteiger partial charge in [-0.05, 0) is 31.4 Å². The maximum Gasteiger partial charge on any atom is 0.439 e. The minimum absolute atomic E-state index is 0.0460. The summed E-state index contributed by atoms with van der Waals surface area (Å²) in [6.07, 6.45) is -2.64. The number of hydrazone groups is 1. The molecule has 1 aromatic heterocycles. The molecule has 9 heteroatoms. The van der Waals surface area contributed by atoms with Gasteiger partial charge in [-0.3, -0.25) is 0 Å². The Kier molecular flexibility index (Phi) is 4.36. The fourth-order valence-corrected chi connectivity index (χ4v) is 4.62. The molecule has 1 aromatic carbocycles. The van der Waals surface area contributed by atoms with Crippen molar-refractivity contribution in [2.75, 3.05) is 5.01 Å². The third kappa shape index (κ3) is 2.76. The van der Waals surface area contributed by atoms with Crippen LogP contribution in [-0.4, -0.2) is 27.7 Å². The molecule has 0 saturated heterocycles. The average Bonchev–Trinajstić information content (AvgIpc) is 3.19. The molecule has 4 rings (SSSR count). The van der Waals surface area contributed by atoms with Crippen molar-refractivity contribution < 1.29 is 18.3 Å². The summed E-state index contributed by atoms with van der Waals surface area (Å²) in [5.74, 6) is -1.03. The molecule has 0 spiro atoms. The van der Waals surface area contributed by atoms with Crippen molar-refractivity contribution >= 4 is 38.1 Å². The second kappa shape index (κ2) is 6.31. The van der Waals surface area contributed by atoms with Crippen molar-refractivity contribution in [3.05, 3.63) is 34.1 Å². The van der Waals surface area contributed by atoms with E-state index < -0.39 is 17.8 Å². The van der Waals surface area contributed by atoms with Crippen LogP contribution in [0.5, 0.6) is 0 Å². The van der Waals surface area contributed by atoms with Crippen LogP contribution in [0.4, 0.5) is 18.3 Å². The van der Waals surface area contributed by atoms with Crippen LogP contribution in [-0.2, 0) is 0 Å². The number of hydrogen-bond acceptors (Lipinski definition) is 5. The van der Waals surface area contributed by atoms with Crippen LogP contribution >= 0.6 is 27.3 Å². The predicted molar refractivity (Wildman–Crippen MR) is 98.1 cm³/mol. The van der Waals surface area contributed by atoms with Crippen LogP contribution < -0.4 is 5.01 Å². The normalized spacial score (nSPS) is 26.0. The van der Waals surface area contributed by atoms with Crippen LogP contribution in [0.15, 0.2) is 39.2 Å². The average molecular weight is 446 g/mol. The van der Waals surface area contributed by atoms with Gasteiger partial charge in [-0.25, -0.2) is 4.98 Å². The molecule has 26 heavy (non-hydrogen) atoms. The van der Waals surface area contributed by atoms with E-state index in [4.69, 9.17) is 0 Å². The molecule has 2 aliphatic rings. The standard InChI is InChI=1S/C17H15BrF3N3OS/c18-11-7-5-10(6-8-11)14-9-26-15(22-14)24-16(25,17(19,20)21)12-3-1-2-4-13(12)23-24/h5-9,12,25H,1-4H2/t12-,16+/m0/s1. The van der Waals surface area contributed by atoms with Gasteiger partial charge < -0.3 is 5.11 Å². The van der Waals surface area contributed by atoms with Crippen LogP contribution in [0.1, 0.15) is 25.7 Å². The van der Waals surface area contributed by atoms with Crippen molar-refractivity contribution in [3.63, 3.8) is 0 Å². The van der Waals surface area contributed by atoms with Crippen LogP contribution in [0.25, 0.3) is 11.3 Å². The second-order valence-corrected chi connectivity index (χ2v) is 8.20. The third-order valence-electron chi connectivity index (χ3n) is 4.85. The topological polar surface area (TPSA) is 48.7 Å². The maximum atomic E-state index is 13.8. The smallest absolute Gasteiger partial charge is 0.362 e. The molecule has 2 aromatic rings. The van der Waals surface area contributed by atoms with Crippen LogP contribution in [0.2, 0.25) is 0 Å². The lowest BCUT2D eigenvalue weighted by atomic mass is 9.80. The Morgan fingerprint density at radius 1 is 1.23 bits per heavy atom. The van der Waals surface area contributed by atoms with Crippen LogP contribution in [0.3, 0.4) is 0 Å². The highest BCUT2D eigenvalue weighted by Crippen LogP contribution is 2.50. The number of fused-ring (bicyclic) bond motifs is 1. The zero-order valence-electron chi connectivity index (χ0n) is 13.5. The summed E-state index contributed by atoms with van der Waals surface area (Å²) in [5.41, 5.74) is -1.28. The number of aromatic nitrogens is 1. The highest BCUT2D eigenvalue weighted by molar-refractivity contribution is 9.10. The van der Waals surface area contributed by atoms with E-state index in [2.05, 4.69) is 26.0 Å². The van der Waals surface area contributed by atoms with Gasteiger partial charge in [0.1, 0.15) is 0 Å². The minimum Gasteiger partial charge on any atom is -0.362 e. The lowest BCUT2D eigenvalue weighted by Gasteiger charge is -2.38. The summed E-state index contributed by atoms with van der Waals surface area (Å²) >= 11 is 4.39. The van der Waals surface area contributed by atoms with Gasteiger partial charge in [-0.2, -0.15) is 23.3 Å². The zero-order chi connectivity index (χ0) is 18.5. The van der Waals surface area contributed by atoms with Crippen molar-refractivity contribution in [1.82, 2.24) is 4.98 Å². The summed E-state index contributed by atoms with van der Waals surface area (Å²) < 4.78 is 42.4. The van der Waals surface area contributed by atoms with E-state index in [9.17, 15) is 18.3 Å². The Morgan fingerprint density at radius 3 is 2.65 bits per heavy atom. The largest absolute Gasteiger partial charge is 0.439 e. The molecule has 1 aliphatic carbocycles. The second-order valence-electron chi connectivity index (χ2n) is 6.45. The highest BCUT2D eigenvalue weighted by atomic mass is 79.9. The molecule has 0 amide bonds. The molecule has 2 heterocycles. The van der Waals surface area contributed by atoms with E-state index in [0.29, 0.717) is 29.3 Å². The molecular formula is C17H15BrF3N3OS. The van der Waals surface area contributed by atoms with Crippen molar-refractivity contribution in [2.45, 2.75) is 37.6 Å². The Bertz CT molecular complexity index is 852. The van der Waals surface area contributed by atoms with E-state index in [1.807, 2.05) is 24.3 Å². The van der Waals surface area contributed by atoms with E-state index in [0.717, 1.165) is 27.8 Å². The predicted octanol–water partition coefficient (Wildman–Crippen LogP) is 5.19. The zero-order valence-corrected chi connectivity index (χ0v) is 15.9. The van der Waals surface area contributed by atoms with Gasteiger partial charge in [0.15, 0.2) is 0 Å². The highest BCUT2D eigenvalue weighted by Gasteiger charge is 2.67. The number of hydrogen-bond donors (Lipinski definition) is 1. The summed E-state index contributed by atoms with van der Waals surface area (Å²) in [5, 5.41) is 17.3. The minimum atomic E-state index is -4.83.